The van der Waals surface area contributed by atoms with Crippen LogP contribution in [0.4, 0.5) is 11.4 Å². The first kappa shape index (κ1) is 21.4. The average molecular weight is 400 g/mol. The monoisotopic (exact) mass is 399 g/mol. The smallest absolute Gasteiger partial charge is 0.257 e. The van der Waals surface area contributed by atoms with E-state index in [4.69, 9.17) is 17.0 Å². The van der Waals surface area contributed by atoms with Crippen LogP contribution in [0, 0.1) is 6.92 Å². The third kappa shape index (κ3) is 6.35. The normalized spacial score (nSPS) is 10.3. The van der Waals surface area contributed by atoms with E-state index in [0.29, 0.717) is 29.1 Å². The number of ether oxygens (including phenoxy) is 1. The van der Waals surface area contributed by atoms with Crippen LogP contribution in [0.15, 0.2) is 42.5 Å². The Balaban J connectivity index is 2.03. The number of aryl methyl sites for hydroxylation is 1. The first-order valence-corrected chi connectivity index (χ1v) is 9.49. The summed E-state index contributed by atoms with van der Waals surface area (Å²) in [6.07, 6.45) is 0.413. The van der Waals surface area contributed by atoms with Gasteiger partial charge in [0.2, 0.25) is 5.91 Å². The van der Waals surface area contributed by atoms with Gasteiger partial charge in [-0.05, 0) is 68.9 Å². The number of anilines is 2. The van der Waals surface area contributed by atoms with Crippen LogP contribution in [0.1, 0.15) is 43.1 Å². The van der Waals surface area contributed by atoms with Crippen molar-refractivity contribution in [2.24, 2.45) is 0 Å². The Bertz CT molecular complexity index is 881. The second-order valence-electron chi connectivity index (χ2n) is 6.53. The maximum Gasteiger partial charge on any atom is 0.257 e. The van der Waals surface area contributed by atoms with Crippen molar-refractivity contribution in [1.29, 1.82) is 0 Å². The van der Waals surface area contributed by atoms with Crippen LogP contribution in [0.25, 0.3) is 0 Å². The second-order valence-corrected chi connectivity index (χ2v) is 6.94. The molecule has 0 spiro atoms. The minimum absolute atomic E-state index is 0.0185. The first-order chi connectivity index (χ1) is 13.3. The quantitative estimate of drug-likeness (QED) is 0.633. The topological polar surface area (TPSA) is 79.5 Å². The van der Waals surface area contributed by atoms with Crippen LogP contribution < -0.4 is 20.7 Å². The molecule has 2 amide bonds. The fourth-order valence-electron chi connectivity index (χ4n) is 2.39. The number of benzene rings is 2. The summed E-state index contributed by atoms with van der Waals surface area (Å²) in [7, 11) is 0. The van der Waals surface area contributed by atoms with E-state index >= 15 is 0 Å². The molecule has 2 aromatic carbocycles. The van der Waals surface area contributed by atoms with Crippen molar-refractivity contribution in [2.75, 3.05) is 10.6 Å². The van der Waals surface area contributed by atoms with Crippen LogP contribution in [-0.4, -0.2) is 23.0 Å². The number of rotatable bonds is 6. The van der Waals surface area contributed by atoms with Gasteiger partial charge in [-0.3, -0.25) is 14.9 Å². The standard InChI is InChI=1S/C21H25N3O3S/c1-5-19(25)23-18-12-16(10-9-14(18)4)22-21(28)24-20(26)15-7-6-8-17(11-15)27-13(2)3/h6-13H,5H2,1-4H3,(H,23,25)(H2,22,24,26,28). The zero-order chi connectivity index (χ0) is 20.7. The van der Waals surface area contributed by atoms with Gasteiger partial charge in [-0.15, -0.1) is 0 Å². The summed E-state index contributed by atoms with van der Waals surface area (Å²) < 4.78 is 5.61. The lowest BCUT2D eigenvalue weighted by Crippen LogP contribution is -2.34. The molecule has 2 aromatic rings. The van der Waals surface area contributed by atoms with E-state index < -0.39 is 0 Å². The number of carbonyl (C=O) groups is 2. The third-order valence-electron chi connectivity index (χ3n) is 3.79. The van der Waals surface area contributed by atoms with Crippen LogP contribution >= 0.6 is 12.2 Å². The van der Waals surface area contributed by atoms with Gasteiger partial charge in [-0.2, -0.15) is 0 Å². The van der Waals surface area contributed by atoms with Crippen LogP contribution in [0.5, 0.6) is 5.75 Å². The molecule has 0 aromatic heterocycles. The predicted octanol–water partition coefficient (Wildman–Crippen LogP) is 4.26. The predicted molar refractivity (Wildman–Crippen MR) is 116 cm³/mol. The van der Waals surface area contributed by atoms with Gasteiger partial charge < -0.3 is 15.4 Å². The Hall–Kier alpha value is -2.93. The van der Waals surface area contributed by atoms with Crippen LogP contribution in [0.3, 0.4) is 0 Å². The highest BCUT2D eigenvalue weighted by Gasteiger charge is 2.11. The maximum absolute atomic E-state index is 12.4. The van der Waals surface area contributed by atoms with Crippen LogP contribution in [0.2, 0.25) is 0 Å². The van der Waals surface area contributed by atoms with E-state index in [1.807, 2.05) is 32.9 Å². The van der Waals surface area contributed by atoms with E-state index in [0.717, 1.165) is 5.56 Å². The molecule has 148 valence electrons. The SMILES string of the molecule is CCC(=O)Nc1cc(NC(=S)NC(=O)c2cccc(OC(C)C)c2)ccc1C. The highest BCUT2D eigenvalue weighted by Crippen LogP contribution is 2.20. The molecule has 0 saturated carbocycles. The van der Waals surface area contributed by atoms with Gasteiger partial charge in [0, 0.05) is 23.4 Å². The average Bonchev–Trinajstić information content (AvgIpc) is 2.64. The molecule has 0 heterocycles. The second kappa shape index (κ2) is 9.85. The summed E-state index contributed by atoms with van der Waals surface area (Å²) in [4.78, 5) is 24.1. The van der Waals surface area contributed by atoms with Gasteiger partial charge in [-0.25, -0.2) is 0 Å². The van der Waals surface area contributed by atoms with Crippen molar-refractivity contribution in [2.45, 2.75) is 40.2 Å². The summed E-state index contributed by atoms with van der Waals surface area (Å²) in [5, 5.41) is 8.62. The first-order valence-electron chi connectivity index (χ1n) is 9.08. The van der Waals surface area contributed by atoms with E-state index in [1.165, 1.54) is 0 Å². The molecule has 28 heavy (non-hydrogen) atoms. The number of thiocarbonyl (C=S) groups is 1. The molecule has 0 fully saturated rings. The number of hydrogen-bond donors (Lipinski definition) is 3. The molecule has 0 atom stereocenters. The van der Waals surface area contributed by atoms with Crippen molar-refractivity contribution < 1.29 is 14.3 Å². The molecule has 0 unspecified atom stereocenters. The zero-order valence-corrected chi connectivity index (χ0v) is 17.3. The van der Waals surface area contributed by atoms with Crippen molar-refractivity contribution in [1.82, 2.24) is 5.32 Å². The number of carbonyl (C=O) groups excluding carboxylic acids is 2. The molecule has 0 radical (unpaired) electrons. The lowest BCUT2D eigenvalue weighted by atomic mass is 10.1. The van der Waals surface area contributed by atoms with Crippen molar-refractivity contribution in [3.05, 3.63) is 53.6 Å². The van der Waals surface area contributed by atoms with Crippen molar-refractivity contribution >= 4 is 40.5 Å². The number of hydrogen-bond acceptors (Lipinski definition) is 4. The molecule has 0 saturated heterocycles. The molecule has 0 aliphatic rings. The largest absolute Gasteiger partial charge is 0.491 e. The number of nitrogens with one attached hydrogen (secondary N) is 3. The van der Waals surface area contributed by atoms with Gasteiger partial charge in [0.15, 0.2) is 5.11 Å². The van der Waals surface area contributed by atoms with E-state index in [-0.39, 0.29) is 23.0 Å². The van der Waals surface area contributed by atoms with Gasteiger partial charge in [0.25, 0.3) is 5.91 Å². The van der Waals surface area contributed by atoms with Gasteiger partial charge in [-0.1, -0.05) is 19.1 Å². The molecule has 0 aliphatic carbocycles. The van der Waals surface area contributed by atoms with E-state index in [2.05, 4.69) is 16.0 Å². The molecular weight excluding hydrogens is 374 g/mol. The Morgan fingerprint density at radius 1 is 1.11 bits per heavy atom. The Morgan fingerprint density at radius 3 is 2.54 bits per heavy atom. The third-order valence-corrected chi connectivity index (χ3v) is 3.99. The van der Waals surface area contributed by atoms with Crippen molar-refractivity contribution in [3.8, 4) is 5.75 Å². The fourth-order valence-corrected chi connectivity index (χ4v) is 2.60. The van der Waals surface area contributed by atoms with E-state index in [1.54, 1.807) is 37.3 Å². The summed E-state index contributed by atoms with van der Waals surface area (Å²) in [5.74, 6) is 0.217. The van der Waals surface area contributed by atoms with Gasteiger partial charge >= 0.3 is 0 Å². The molecule has 6 nitrogen and oxygen atoms in total. The number of amides is 2. The highest BCUT2D eigenvalue weighted by atomic mass is 32.1. The Kier molecular flexibility index (Phi) is 7.52. The summed E-state index contributed by atoms with van der Waals surface area (Å²) in [6, 6.07) is 12.4. The molecule has 7 heteroatoms. The minimum atomic E-state index is -0.335. The minimum Gasteiger partial charge on any atom is -0.491 e. The van der Waals surface area contributed by atoms with Gasteiger partial charge in [0.1, 0.15) is 5.75 Å². The Labute approximate surface area is 170 Å². The fraction of sp³-hybridized carbons (Fsp3) is 0.286. The summed E-state index contributed by atoms with van der Waals surface area (Å²) >= 11 is 5.24. The summed E-state index contributed by atoms with van der Waals surface area (Å²) in [6.45, 7) is 7.54. The lowest BCUT2D eigenvalue weighted by molar-refractivity contribution is -0.115. The van der Waals surface area contributed by atoms with Crippen molar-refractivity contribution in [3.63, 3.8) is 0 Å². The van der Waals surface area contributed by atoms with E-state index in [9.17, 15) is 9.59 Å². The highest BCUT2D eigenvalue weighted by molar-refractivity contribution is 7.80. The lowest BCUT2D eigenvalue weighted by Gasteiger charge is -2.14. The zero-order valence-electron chi connectivity index (χ0n) is 16.5. The molecule has 0 bridgehead atoms. The molecule has 2 rings (SSSR count). The maximum atomic E-state index is 12.4. The molecular formula is C21H25N3O3S. The van der Waals surface area contributed by atoms with Crippen LogP contribution in [-0.2, 0) is 4.79 Å². The summed E-state index contributed by atoms with van der Waals surface area (Å²) in [5.41, 5.74) is 2.75. The molecule has 3 N–H and O–H groups in total. The molecule has 0 aliphatic heterocycles. The van der Waals surface area contributed by atoms with Gasteiger partial charge in [0.05, 0.1) is 6.10 Å². The Morgan fingerprint density at radius 2 is 1.86 bits per heavy atom.